The van der Waals surface area contributed by atoms with Crippen LogP contribution in [-0.2, 0) is 4.74 Å². The molecule has 0 atom stereocenters. The maximum atomic E-state index is 11.4. The van der Waals surface area contributed by atoms with Crippen LogP contribution in [0.15, 0.2) is 35.4 Å². The molecule has 9 heteroatoms. The number of hydrogen-bond acceptors (Lipinski definition) is 7. The fourth-order valence-corrected chi connectivity index (χ4v) is 1.70. The number of hydrazone groups is 1. The van der Waals surface area contributed by atoms with E-state index in [1.165, 1.54) is 7.11 Å². The molecular formula is C14H13N7O2. The molecule has 0 fully saturated rings. The molecule has 23 heavy (non-hydrogen) atoms. The smallest absolute Gasteiger partial charge is 0.356 e. The monoisotopic (exact) mass is 311 g/mol. The van der Waals surface area contributed by atoms with Crippen molar-refractivity contribution in [2.75, 3.05) is 12.5 Å². The van der Waals surface area contributed by atoms with Gasteiger partial charge >= 0.3 is 5.97 Å². The molecule has 5 N–H and O–H groups in total. The lowest BCUT2D eigenvalue weighted by molar-refractivity contribution is 0.0594. The fraction of sp³-hybridized carbons (Fsp3) is 0.0714. The summed E-state index contributed by atoms with van der Waals surface area (Å²) in [5, 5.41) is 26.3. The molecular weight excluding hydrogens is 298 g/mol. The highest BCUT2D eigenvalue weighted by Crippen LogP contribution is 2.21. The fourth-order valence-electron chi connectivity index (χ4n) is 1.70. The van der Waals surface area contributed by atoms with Crippen LogP contribution < -0.4 is 11.2 Å². The summed E-state index contributed by atoms with van der Waals surface area (Å²) in [5.74, 6) is -0.936. The summed E-state index contributed by atoms with van der Waals surface area (Å²) in [4.78, 5) is 11.4. The van der Waals surface area contributed by atoms with Gasteiger partial charge in [0, 0.05) is 5.56 Å². The number of H-pyrrole nitrogens is 1. The molecule has 9 nitrogen and oxygen atoms in total. The van der Waals surface area contributed by atoms with Crippen molar-refractivity contribution < 1.29 is 9.53 Å². The van der Waals surface area contributed by atoms with E-state index in [9.17, 15) is 4.79 Å². The van der Waals surface area contributed by atoms with Crippen LogP contribution in [-0.4, -0.2) is 34.8 Å². The highest BCUT2D eigenvalue weighted by atomic mass is 16.5. The lowest BCUT2D eigenvalue weighted by Gasteiger charge is -2.03. The molecule has 0 saturated heterocycles. The second kappa shape index (κ2) is 6.86. The molecule has 1 aromatic carbocycles. The quantitative estimate of drug-likeness (QED) is 0.280. The number of rotatable bonds is 5. The SMILES string of the molecule is COC(=O)c1cc(-c2cccc(N/N=C(\C#N)C(=N)N)c2)n[nH]1. The van der Waals surface area contributed by atoms with Crippen molar-refractivity contribution >= 4 is 23.2 Å². The van der Waals surface area contributed by atoms with Crippen LogP contribution in [0.4, 0.5) is 5.69 Å². The zero-order chi connectivity index (χ0) is 16.8. The van der Waals surface area contributed by atoms with Crippen LogP contribution in [0, 0.1) is 16.7 Å². The van der Waals surface area contributed by atoms with Gasteiger partial charge in [-0.2, -0.15) is 15.5 Å². The molecule has 0 aliphatic rings. The topological polar surface area (TPSA) is 153 Å². The molecule has 116 valence electrons. The van der Waals surface area contributed by atoms with Crippen molar-refractivity contribution in [1.29, 1.82) is 10.7 Å². The first-order valence-corrected chi connectivity index (χ1v) is 6.37. The van der Waals surface area contributed by atoms with Crippen molar-refractivity contribution in [2.45, 2.75) is 0 Å². The number of nitrogens with two attached hydrogens (primary N) is 1. The van der Waals surface area contributed by atoms with Gasteiger partial charge in [-0.25, -0.2) is 4.79 Å². The predicted octanol–water partition coefficient (Wildman–Crippen LogP) is 1.09. The standard InChI is InChI=1S/C14H13N7O2/c1-23-14(22)11-6-10(19-20-11)8-3-2-4-9(5-8)18-21-12(7-15)13(16)17/h2-6,18H,1H3,(H3,16,17)(H,19,20)/b21-12+. The number of carbonyl (C=O) groups is 1. The molecule has 0 bridgehead atoms. The van der Waals surface area contributed by atoms with Crippen LogP contribution in [0.25, 0.3) is 11.3 Å². The number of esters is 1. The summed E-state index contributed by atoms with van der Waals surface area (Å²) in [5.41, 5.74) is 9.71. The van der Waals surface area contributed by atoms with E-state index < -0.39 is 11.8 Å². The van der Waals surface area contributed by atoms with E-state index in [2.05, 4.69) is 25.5 Å². The molecule has 0 radical (unpaired) electrons. The Morgan fingerprint density at radius 2 is 2.30 bits per heavy atom. The number of nitriles is 1. The Morgan fingerprint density at radius 1 is 1.52 bits per heavy atom. The summed E-state index contributed by atoms with van der Waals surface area (Å²) < 4.78 is 4.61. The number of anilines is 1. The average Bonchev–Trinajstić information content (AvgIpc) is 3.04. The average molecular weight is 311 g/mol. The number of aromatic nitrogens is 2. The van der Waals surface area contributed by atoms with Gasteiger partial charge in [0.15, 0.2) is 5.84 Å². The molecule has 0 amide bonds. The van der Waals surface area contributed by atoms with E-state index in [-0.39, 0.29) is 11.4 Å². The van der Waals surface area contributed by atoms with Gasteiger partial charge in [0.05, 0.1) is 18.5 Å². The van der Waals surface area contributed by atoms with Gasteiger partial charge in [-0.3, -0.25) is 15.9 Å². The number of benzene rings is 1. The van der Waals surface area contributed by atoms with Crippen LogP contribution >= 0.6 is 0 Å². The second-order valence-electron chi connectivity index (χ2n) is 4.34. The van der Waals surface area contributed by atoms with Gasteiger partial charge in [0.1, 0.15) is 11.8 Å². The summed E-state index contributed by atoms with van der Waals surface area (Å²) in [6, 6.07) is 10.2. The van der Waals surface area contributed by atoms with Gasteiger partial charge in [-0.1, -0.05) is 12.1 Å². The maximum Gasteiger partial charge on any atom is 0.356 e. The molecule has 0 unspecified atom stereocenters. The number of methoxy groups -OCH3 is 1. The minimum atomic E-state index is -0.511. The molecule has 0 aliphatic heterocycles. The van der Waals surface area contributed by atoms with E-state index in [0.717, 1.165) is 5.56 Å². The summed E-state index contributed by atoms with van der Waals surface area (Å²) in [6.07, 6.45) is 0. The highest BCUT2D eigenvalue weighted by molar-refractivity contribution is 6.45. The Labute approximate surface area is 131 Å². The van der Waals surface area contributed by atoms with Crippen molar-refractivity contribution in [3.05, 3.63) is 36.0 Å². The number of amidine groups is 1. The van der Waals surface area contributed by atoms with Crippen molar-refractivity contribution in [2.24, 2.45) is 10.8 Å². The maximum absolute atomic E-state index is 11.4. The van der Waals surface area contributed by atoms with Crippen molar-refractivity contribution in [3.63, 3.8) is 0 Å². The van der Waals surface area contributed by atoms with Crippen LogP contribution in [0.5, 0.6) is 0 Å². The van der Waals surface area contributed by atoms with Crippen molar-refractivity contribution in [3.8, 4) is 17.3 Å². The number of hydrogen-bond donors (Lipinski definition) is 4. The first-order valence-electron chi connectivity index (χ1n) is 6.37. The second-order valence-corrected chi connectivity index (χ2v) is 4.34. The van der Waals surface area contributed by atoms with Crippen LogP contribution in [0.3, 0.4) is 0 Å². The summed E-state index contributed by atoms with van der Waals surface area (Å²) in [6.45, 7) is 0. The van der Waals surface area contributed by atoms with Gasteiger partial charge < -0.3 is 10.5 Å². The summed E-state index contributed by atoms with van der Waals surface area (Å²) >= 11 is 0. The lowest BCUT2D eigenvalue weighted by atomic mass is 10.1. The van der Waals surface area contributed by atoms with E-state index >= 15 is 0 Å². The number of nitrogens with one attached hydrogen (secondary N) is 3. The van der Waals surface area contributed by atoms with E-state index in [0.29, 0.717) is 11.4 Å². The van der Waals surface area contributed by atoms with E-state index in [4.69, 9.17) is 16.4 Å². The number of nitrogens with zero attached hydrogens (tertiary/aromatic N) is 3. The minimum Gasteiger partial charge on any atom is -0.464 e. The number of aromatic amines is 1. The molecule has 2 rings (SSSR count). The summed E-state index contributed by atoms with van der Waals surface area (Å²) in [7, 11) is 1.28. The Bertz CT molecular complexity index is 817. The van der Waals surface area contributed by atoms with Gasteiger partial charge in [0.25, 0.3) is 0 Å². The highest BCUT2D eigenvalue weighted by Gasteiger charge is 2.11. The zero-order valence-electron chi connectivity index (χ0n) is 12.1. The molecule has 0 aliphatic carbocycles. The van der Waals surface area contributed by atoms with Gasteiger partial charge in [0.2, 0.25) is 5.71 Å². The van der Waals surface area contributed by atoms with Crippen LogP contribution in [0.1, 0.15) is 10.5 Å². The van der Waals surface area contributed by atoms with Crippen molar-refractivity contribution in [1.82, 2.24) is 10.2 Å². The largest absolute Gasteiger partial charge is 0.464 e. The Kier molecular flexibility index (Phi) is 4.69. The molecule has 2 aromatic rings. The third-order valence-corrected chi connectivity index (χ3v) is 2.80. The molecule has 1 heterocycles. The van der Waals surface area contributed by atoms with E-state index in [1.807, 2.05) is 0 Å². The third kappa shape index (κ3) is 3.70. The predicted molar refractivity (Wildman–Crippen MR) is 83.9 cm³/mol. The van der Waals surface area contributed by atoms with Gasteiger partial charge in [-0.15, -0.1) is 0 Å². The minimum absolute atomic E-state index is 0.219. The zero-order valence-corrected chi connectivity index (χ0v) is 12.1. The Balaban J connectivity index is 2.23. The normalized spacial score (nSPS) is 10.7. The van der Waals surface area contributed by atoms with Crippen LogP contribution in [0.2, 0.25) is 0 Å². The van der Waals surface area contributed by atoms with E-state index in [1.54, 1.807) is 36.4 Å². The van der Waals surface area contributed by atoms with Gasteiger partial charge in [-0.05, 0) is 18.2 Å². The Morgan fingerprint density at radius 3 is 2.96 bits per heavy atom. The lowest BCUT2D eigenvalue weighted by Crippen LogP contribution is -2.21. The number of carbonyl (C=O) groups excluding carboxylic acids is 1. The first kappa shape index (κ1) is 15.7. The Hall–Kier alpha value is -3.67. The first-order chi connectivity index (χ1) is 11.0. The third-order valence-electron chi connectivity index (χ3n) is 2.80. The number of ether oxygens (including phenoxy) is 1. The molecule has 0 saturated carbocycles. The molecule has 0 spiro atoms. The molecule has 1 aromatic heterocycles.